The van der Waals surface area contributed by atoms with Crippen molar-refractivity contribution in [1.82, 2.24) is 4.90 Å². The number of aliphatic carboxylic acids is 1. The van der Waals surface area contributed by atoms with Crippen LogP contribution in [0.25, 0.3) is 5.57 Å². The van der Waals surface area contributed by atoms with E-state index in [4.69, 9.17) is 14.6 Å². The summed E-state index contributed by atoms with van der Waals surface area (Å²) in [6, 6.07) is 5.90. The van der Waals surface area contributed by atoms with Crippen LogP contribution in [-0.4, -0.2) is 66.5 Å². The van der Waals surface area contributed by atoms with Crippen LogP contribution in [0.5, 0.6) is 0 Å². The number of benzene rings is 1. The predicted octanol–water partition coefficient (Wildman–Crippen LogP) is 2.32. The van der Waals surface area contributed by atoms with Gasteiger partial charge >= 0.3 is 12.1 Å². The molecule has 26 heavy (non-hydrogen) atoms. The monoisotopic (exact) mass is 371 g/mol. The van der Waals surface area contributed by atoms with Gasteiger partial charge in [-0.1, -0.05) is 24.3 Å². The summed E-state index contributed by atoms with van der Waals surface area (Å²) in [7, 11) is 1.54. The quantitative estimate of drug-likeness (QED) is 0.714. The number of hydrogen-bond donors (Lipinski definition) is 2. The van der Waals surface area contributed by atoms with Gasteiger partial charge in [0.1, 0.15) is 0 Å². The lowest BCUT2D eigenvalue weighted by atomic mass is 9.90. The van der Waals surface area contributed by atoms with E-state index >= 15 is 0 Å². The third kappa shape index (κ3) is 4.55. The first-order valence-electron chi connectivity index (χ1n) is 7.75. The third-order valence-electron chi connectivity index (χ3n) is 3.88. The van der Waals surface area contributed by atoms with Crippen molar-refractivity contribution >= 4 is 17.6 Å². The maximum absolute atomic E-state index is 14.5. The van der Waals surface area contributed by atoms with E-state index in [1.807, 2.05) is 0 Å². The van der Waals surface area contributed by atoms with Crippen molar-refractivity contribution in [2.45, 2.75) is 12.5 Å². The molecule has 2 rings (SSSR count). The summed E-state index contributed by atoms with van der Waals surface area (Å²) in [5.74, 6) is -5.18. The zero-order valence-electron chi connectivity index (χ0n) is 14.1. The molecule has 1 heterocycles. The van der Waals surface area contributed by atoms with Crippen molar-refractivity contribution in [3.63, 3.8) is 0 Å². The Labute approximate surface area is 148 Å². The van der Waals surface area contributed by atoms with Crippen molar-refractivity contribution in [3.05, 3.63) is 41.0 Å². The van der Waals surface area contributed by atoms with Gasteiger partial charge in [-0.3, -0.25) is 4.90 Å². The van der Waals surface area contributed by atoms with Crippen LogP contribution in [0.15, 0.2) is 29.8 Å². The van der Waals surface area contributed by atoms with Gasteiger partial charge in [0.15, 0.2) is 0 Å². The van der Waals surface area contributed by atoms with E-state index in [9.17, 15) is 23.5 Å². The van der Waals surface area contributed by atoms with Crippen LogP contribution >= 0.6 is 0 Å². The minimum atomic E-state index is -3.61. The maximum atomic E-state index is 14.5. The molecule has 1 aromatic carbocycles. The van der Waals surface area contributed by atoms with Crippen molar-refractivity contribution < 1.29 is 38.1 Å². The highest BCUT2D eigenvalue weighted by atomic mass is 19.3. The van der Waals surface area contributed by atoms with Crippen LogP contribution in [0, 0.1) is 0 Å². The summed E-state index contributed by atoms with van der Waals surface area (Å²) >= 11 is 0. The summed E-state index contributed by atoms with van der Waals surface area (Å²) in [6.45, 7) is -0.611. The van der Waals surface area contributed by atoms with E-state index in [1.54, 1.807) is 19.2 Å². The molecule has 0 spiro atoms. The average Bonchev–Trinajstić information content (AvgIpc) is 2.58. The summed E-state index contributed by atoms with van der Waals surface area (Å²) in [5, 5.41) is 18.2. The van der Waals surface area contributed by atoms with Gasteiger partial charge in [0.2, 0.25) is 0 Å². The molecule has 2 N–H and O–H groups in total. The first kappa shape index (κ1) is 19.8. The number of ether oxygens (including phenoxy) is 2. The second kappa shape index (κ2) is 8.24. The van der Waals surface area contributed by atoms with E-state index in [2.05, 4.69) is 0 Å². The van der Waals surface area contributed by atoms with Crippen molar-refractivity contribution in [2.24, 2.45) is 0 Å². The molecule has 0 unspecified atom stereocenters. The normalized spacial score (nSPS) is 16.7. The number of hydrogen-bond acceptors (Lipinski definition) is 4. The van der Waals surface area contributed by atoms with Crippen LogP contribution < -0.4 is 0 Å². The lowest BCUT2D eigenvalue weighted by molar-refractivity contribution is -0.133. The zero-order valence-corrected chi connectivity index (χ0v) is 14.1. The Morgan fingerprint density at radius 2 is 1.85 bits per heavy atom. The number of halogens is 2. The Balaban J connectivity index is 2.29. The largest absolute Gasteiger partial charge is 0.478 e. The molecule has 0 saturated heterocycles. The molecule has 9 heteroatoms. The highest BCUT2D eigenvalue weighted by molar-refractivity contribution is 5.99. The molecular formula is C17H19F2NO6. The fraction of sp³-hybridized carbons (Fsp3) is 0.412. The number of carboxylic acid groups (broad SMARTS) is 2. The minimum Gasteiger partial charge on any atom is -0.478 e. The topological polar surface area (TPSA) is 96.3 Å². The van der Waals surface area contributed by atoms with E-state index < -0.39 is 42.2 Å². The number of rotatable bonds is 7. The maximum Gasteiger partial charge on any atom is 0.407 e. The molecular weight excluding hydrogens is 352 g/mol. The number of carbonyl (C=O) groups is 2. The number of alkyl halides is 2. The molecule has 1 aliphatic heterocycles. The molecule has 0 radical (unpaired) electrons. The lowest BCUT2D eigenvalue weighted by Gasteiger charge is -2.33. The van der Waals surface area contributed by atoms with Crippen molar-refractivity contribution in [2.75, 3.05) is 33.4 Å². The van der Waals surface area contributed by atoms with Crippen molar-refractivity contribution in [1.29, 1.82) is 0 Å². The van der Waals surface area contributed by atoms with Gasteiger partial charge in [-0.2, -0.15) is 8.78 Å². The highest BCUT2D eigenvalue weighted by Crippen LogP contribution is 2.39. The molecule has 0 atom stereocenters. The smallest absolute Gasteiger partial charge is 0.407 e. The number of carboxylic acids is 1. The molecule has 1 amide bonds. The molecule has 0 bridgehead atoms. The van der Waals surface area contributed by atoms with E-state index in [-0.39, 0.29) is 12.2 Å². The van der Waals surface area contributed by atoms with Crippen LogP contribution in [0.2, 0.25) is 0 Å². The van der Waals surface area contributed by atoms with Crippen LogP contribution in [0.1, 0.15) is 11.1 Å². The molecule has 1 aromatic rings. The molecule has 0 aliphatic carbocycles. The summed E-state index contributed by atoms with van der Waals surface area (Å²) in [5.41, 5.74) is -0.520. The molecule has 142 valence electrons. The SMILES string of the molecule is COCCOCc1ccc(C2=C(C(=O)O)CN(C(=O)O)CC2(F)F)cc1. The fourth-order valence-corrected chi connectivity index (χ4v) is 2.66. The van der Waals surface area contributed by atoms with E-state index in [0.717, 1.165) is 5.56 Å². The first-order chi connectivity index (χ1) is 12.3. The van der Waals surface area contributed by atoms with Gasteiger partial charge in [0.05, 0.1) is 38.5 Å². The Kier molecular flexibility index (Phi) is 6.27. The van der Waals surface area contributed by atoms with Crippen LogP contribution in [-0.2, 0) is 20.9 Å². The first-order valence-corrected chi connectivity index (χ1v) is 7.75. The molecule has 0 saturated carbocycles. The third-order valence-corrected chi connectivity index (χ3v) is 3.88. The Hall–Kier alpha value is -2.52. The zero-order chi connectivity index (χ0) is 19.3. The number of methoxy groups -OCH3 is 1. The number of nitrogens with zero attached hydrogens (tertiary/aromatic N) is 1. The van der Waals surface area contributed by atoms with Gasteiger partial charge in [-0.15, -0.1) is 0 Å². The van der Waals surface area contributed by atoms with E-state index in [0.29, 0.717) is 18.1 Å². The molecule has 7 nitrogen and oxygen atoms in total. The van der Waals surface area contributed by atoms with Crippen LogP contribution in [0.4, 0.5) is 13.6 Å². The predicted molar refractivity (Wildman–Crippen MR) is 87.1 cm³/mol. The standard InChI is InChI=1S/C17H19F2NO6/c1-25-6-7-26-9-11-2-4-12(5-3-11)14-13(15(21)22)8-20(16(23)24)10-17(14,18)19/h2-5H,6-10H2,1H3,(H,21,22)(H,23,24). The second-order valence-corrected chi connectivity index (χ2v) is 5.74. The Morgan fingerprint density at radius 1 is 1.19 bits per heavy atom. The van der Waals surface area contributed by atoms with E-state index in [1.165, 1.54) is 12.1 Å². The van der Waals surface area contributed by atoms with Gasteiger partial charge < -0.3 is 19.7 Å². The minimum absolute atomic E-state index is 0.0399. The van der Waals surface area contributed by atoms with Gasteiger partial charge in [-0.05, 0) is 11.1 Å². The Bertz CT molecular complexity index is 702. The van der Waals surface area contributed by atoms with Gasteiger partial charge in [0, 0.05) is 12.7 Å². The fourth-order valence-electron chi connectivity index (χ4n) is 2.66. The number of amides is 1. The Morgan fingerprint density at radius 3 is 2.38 bits per heavy atom. The average molecular weight is 371 g/mol. The highest BCUT2D eigenvalue weighted by Gasteiger charge is 2.46. The van der Waals surface area contributed by atoms with Crippen LogP contribution in [0.3, 0.4) is 0 Å². The van der Waals surface area contributed by atoms with Gasteiger partial charge in [0.25, 0.3) is 5.92 Å². The summed E-state index contributed by atoms with van der Waals surface area (Å²) in [6.07, 6.45) is -1.59. The summed E-state index contributed by atoms with van der Waals surface area (Å²) < 4.78 is 39.2. The molecule has 0 aromatic heterocycles. The van der Waals surface area contributed by atoms with Gasteiger partial charge in [-0.25, -0.2) is 9.59 Å². The second-order valence-electron chi connectivity index (χ2n) is 5.74. The molecule has 0 fully saturated rings. The van der Waals surface area contributed by atoms with Crippen molar-refractivity contribution in [3.8, 4) is 0 Å². The lowest BCUT2D eigenvalue weighted by Crippen LogP contribution is -2.47. The summed E-state index contributed by atoms with van der Waals surface area (Å²) in [4.78, 5) is 22.8. The molecule has 1 aliphatic rings.